The predicted octanol–water partition coefficient (Wildman–Crippen LogP) is 2.18. The summed E-state index contributed by atoms with van der Waals surface area (Å²) in [5.74, 6) is 0.520. The second-order valence-corrected chi connectivity index (χ2v) is 9.10. The monoisotopic (exact) mass is 406 g/mol. The van der Waals surface area contributed by atoms with Crippen LogP contribution in [0.15, 0.2) is 45.7 Å². The third kappa shape index (κ3) is 5.43. The van der Waals surface area contributed by atoms with Gasteiger partial charge in [0.05, 0.1) is 18.6 Å². The molecule has 0 saturated carbocycles. The van der Waals surface area contributed by atoms with Gasteiger partial charge in [0.15, 0.2) is 9.84 Å². The Labute approximate surface area is 165 Å². The Balaban J connectivity index is 1.53. The standard InChI is InChI=1S/C20H26N2O5S/c1-26-20(23)19-9-6-17(27-19)15-22-11-3-10-21(12-13-22)14-16-4-7-18(8-5-16)28(2,24)25/h4-9H,3,10-15H2,1-2H3. The van der Waals surface area contributed by atoms with Crippen molar-refractivity contribution in [2.45, 2.75) is 24.4 Å². The molecule has 0 radical (unpaired) electrons. The van der Waals surface area contributed by atoms with Crippen molar-refractivity contribution in [2.24, 2.45) is 0 Å². The molecule has 0 N–H and O–H groups in total. The Kier molecular flexibility index (Phi) is 6.53. The van der Waals surface area contributed by atoms with Gasteiger partial charge < -0.3 is 9.15 Å². The molecule has 7 nitrogen and oxygen atoms in total. The zero-order valence-corrected chi connectivity index (χ0v) is 17.1. The third-order valence-electron chi connectivity index (χ3n) is 4.87. The minimum atomic E-state index is -3.16. The smallest absolute Gasteiger partial charge is 0.373 e. The average Bonchev–Trinajstić information content (AvgIpc) is 3.02. The van der Waals surface area contributed by atoms with Crippen LogP contribution in [0.3, 0.4) is 0 Å². The van der Waals surface area contributed by atoms with Crippen LogP contribution in [-0.4, -0.2) is 63.7 Å². The topological polar surface area (TPSA) is 80.1 Å². The van der Waals surface area contributed by atoms with Crippen LogP contribution in [0.2, 0.25) is 0 Å². The van der Waals surface area contributed by atoms with Crippen molar-refractivity contribution in [3.63, 3.8) is 0 Å². The molecular weight excluding hydrogens is 380 g/mol. The Morgan fingerprint density at radius 3 is 2.25 bits per heavy atom. The first-order valence-electron chi connectivity index (χ1n) is 9.26. The molecule has 2 heterocycles. The lowest BCUT2D eigenvalue weighted by atomic mass is 10.2. The summed E-state index contributed by atoms with van der Waals surface area (Å²) in [6.45, 7) is 5.21. The molecular formula is C20H26N2O5S. The number of hydrogen-bond acceptors (Lipinski definition) is 7. The minimum absolute atomic E-state index is 0.228. The number of methoxy groups -OCH3 is 1. The molecule has 1 saturated heterocycles. The molecule has 28 heavy (non-hydrogen) atoms. The molecule has 1 aliphatic rings. The van der Waals surface area contributed by atoms with Crippen molar-refractivity contribution in [1.82, 2.24) is 9.80 Å². The van der Waals surface area contributed by atoms with Gasteiger partial charge in [0.25, 0.3) is 0 Å². The molecule has 1 aliphatic heterocycles. The SMILES string of the molecule is COC(=O)c1ccc(CN2CCCN(Cc3ccc(S(C)(=O)=O)cc3)CC2)o1. The first kappa shape index (κ1) is 20.6. The van der Waals surface area contributed by atoms with Gasteiger partial charge in [-0.3, -0.25) is 9.80 Å². The van der Waals surface area contributed by atoms with Crippen molar-refractivity contribution in [1.29, 1.82) is 0 Å². The highest BCUT2D eigenvalue weighted by atomic mass is 32.2. The van der Waals surface area contributed by atoms with E-state index in [4.69, 9.17) is 4.42 Å². The lowest BCUT2D eigenvalue weighted by Gasteiger charge is -2.21. The minimum Gasteiger partial charge on any atom is -0.463 e. The van der Waals surface area contributed by atoms with Crippen LogP contribution in [0, 0.1) is 0 Å². The van der Waals surface area contributed by atoms with Gasteiger partial charge in [-0.25, -0.2) is 13.2 Å². The van der Waals surface area contributed by atoms with Crippen LogP contribution in [0.5, 0.6) is 0 Å². The molecule has 2 aromatic rings. The first-order valence-corrected chi connectivity index (χ1v) is 11.1. The Morgan fingerprint density at radius 2 is 1.64 bits per heavy atom. The largest absolute Gasteiger partial charge is 0.463 e. The highest BCUT2D eigenvalue weighted by Gasteiger charge is 2.18. The molecule has 1 aromatic carbocycles. The summed E-state index contributed by atoms with van der Waals surface area (Å²) in [5.41, 5.74) is 1.11. The van der Waals surface area contributed by atoms with Crippen LogP contribution in [-0.2, 0) is 27.7 Å². The number of carbonyl (C=O) groups is 1. The second kappa shape index (κ2) is 8.89. The van der Waals surface area contributed by atoms with Gasteiger partial charge in [-0.05, 0) is 49.3 Å². The van der Waals surface area contributed by atoms with Crippen molar-refractivity contribution in [2.75, 3.05) is 39.5 Å². The Morgan fingerprint density at radius 1 is 1.00 bits per heavy atom. The van der Waals surface area contributed by atoms with E-state index in [0.717, 1.165) is 50.5 Å². The maximum absolute atomic E-state index is 11.6. The molecule has 1 fully saturated rings. The number of hydrogen-bond donors (Lipinski definition) is 0. The molecule has 8 heteroatoms. The molecule has 0 atom stereocenters. The quantitative estimate of drug-likeness (QED) is 0.680. The number of ether oxygens (including phenoxy) is 1. The number of rotatable bonds is 6. The molecule has 0 amide bonds. The van der Waals surface area contributed by atoms with E-state index < -0.39 is 15.8 Å². The van der Waals surface area contributed by atoms with E-state index in [9.17, 15) is 13.2 Å². The third-order valence-corrected chi connectivity index (χ3v) is 5.99. The zero-order chi connectivity index (χ0) is 20.1. The van der Waals surface area contributed by atoms with Crippen LogP contribution in [0.4, 0.5) is 0 Å². The summed E-state index contributed by atoms with van der Waals surface area (Å²) in [5, 5.41) is 0. The van der Waals surface area contributed by atoms with E-state index in [-0.39, 0.29) is 5.76 Å². The van der Waals surface area contributed by atoms with Crippen molar-refractivity contribution in [3.8, 4) is 0 Å². The molecule has 0 aliphatic carbocycles. The van der Waals surface area contributed by atoms with Crippen molar-refractivity contribution >= 4 is 15.8 Å². The van der Waals surface area contributed by atoms with Crippen LogP contribution in [0.1, 0.15) is 28.3 Å². The fraction of sp³-hybridized carbons (Fsp3) is 0.450. The summed E-state index contributed by atoms with van der Waals surface area (Å²) in [4.78, 5) is 16.5. The van der Waals surface area contributed by atoms with E-state index in [1.165, 1.54) is 13.4 Å². The fourth-order valence-electron chi connectivity index (χ4n) is 3.33. The number of benzene rings is 1. The molecule has 0 unspecified atom stereocenters. The number of nitrogens with zero attached hydrogens (tertiary/aromatic N) is 2. The summed E-state index contributed by atoms with van der Waals surface area (Å²) in [6.07, 6.45) is 2.25. The summed E-state index contributed by atoms with van der Waals surface area (Å²) < 4.78 is 33.4. The van der Waals surface area contributed by atoms with Gasteiger partial charge in [0.2, 0.25) is 5.76 Å². The van der Waals surface area contributed by atoms with E-state index >= 15 is 0 Å². The summed E-state index contributed by atoms with van der Waals surface area (Å²) in [6, 6.07) is 10.6. The molecule has 3 rings (SSSR count). The second-order valence-electron chi connectivity index (χ2n) is 7.08. The maximum Gasteiger partial charge on any atom is 0.373 e. The zero-order valence-electron chi connectivity index (χ0n) is 16.3. The number of esters is 1. The van der Waals surface area contributed by atoms with Gasteiger partial charge in [-0.2, -0.15) is 0 Å². The summed E-state index contributed by atoms with van der Waals surface area (Å²) >= 11 is 0. The summed E-state index contributed by atoms with van der Waals surface area (Å²) in [7, 11) is -1.82. The van der Waals surface area contributed by atoms with Gasteiger partial charge in [-0.15, -0.1) is 0 Å². The highest BCUT2D eigenvalue weighted by molar-refractivity contribution is 7.90. The van der Waals surface area contributed by atoms with Crippen LogP contribution in [0.25, 0.3) is 0 Å². The number of carbonyl (C=O) groups excluding carboxylic acids is 1. The van der Waals surface area contributed by atoms with Crippen molar-refractivity contribution < 1.29 is 22.4 Å². The lowest BCUT2D eigenvalue weighted by molar-refractivity contribution is 0.0561. The van der Waals surface area contributed by atoms with E-state index in [0.29, 0.717) is 11.4 Å². The van der Waals surface area contributed by atoms with Crippen LogP contribution < -0.4 is 0 Å². The van der Waals surface area contributed by atoms with Crippen LogP contribution >= 0.6 is 0 Å². The molecule has 0 bridgehead atoms. The molecule has 0 spiro atoms. The van der Waals surface area contributed by atoms with E-state index in [1.54, 1.807) is 18.2 Å². The van der Waals surface area contributed by atoms with E-state index in [1.807, 2.05) is 18.2 Å². The Bertz CT molecular complexity index is 905. The van der Waals surface area contributed by atoms with Gasteiger partial charge in [-0.1, -0.05) is 12.1 Å². The van der Waals surface area contributed by atoms with E-state index in [2.05, 4.69) is 14.5 Å². The van der Waals surface area contributed by atoms with Crippen molar-refractivity contribution in [3.05, 3.63) is 53.5 Å². The highest BCUT2D eigenvalue weighted by Crippen LogP contribution is 2.16. The van der Waals surface area contributed by atoms with Gasteiger partial charge in [0.1, 0.15) is 5.76 Å². The predicted molar refractivity (Wildman–Crippen MR) is 105 cm³/mol. The normalized spacial score (nSPS) is 16.6. The molecule has 1 aromatic heterocycles. The lowest BCUT2D eigenvalue weighted by Crippen LogP contribution is -2.30. The number of sulfone groups is 1. The van der Waals surface area contributed by atoms with Gasteiger partial charge >= 0.3 is 5.97 Å². The first-order chi connectivity index (χ1) is 13.3. The maximum atomic E-state index is 11.6. The van der Waals surface area contributed by atoms with Gasteiger partial charge in [0, 0.05) is 25.9 Å². The molecule has 152 valence electrons. The number of furan rings is 1. The Hall–Kier alpha value is -2.16. The average molecular weight is 407 g/mol. The fourth-order valence-corrected chi connectivity index (χ4v) is 3.96.